The van der Waals surface area contributed by atoms with Crippen LogP contribution in [0.4, 0.5) is 4.39 Å². The van der Waals surface area contributed by atoms with Crippen molar-refractivity contribution >= 4 is 0 Å². The first-order valence-corrected chi connectivity index (χ1v) is 5.14. The second-order valence-corrected chi connectivity index (χ2v) is 3.40. The van der Waals surface area contributed by atoms with Crippen LogP contribution in [0.1, 0.15) is 5.89 Å². The summed E-state index contributed by atoms with van der Waals surface area (Å²) in [6.07, 6.45) is 0. The number of benzene rings is 1. The summed E-state index contributed by atoms with van der Waals surface area (Å²) in [5.41, 5.74) is 5.51. The standard InChI is InChI=1S/C11H12FN3O3/c1-16-8-3-6(7(12)4-9(8)17-2)11-14-10(5-13)18-15-11/h3-4H,5,13H2,1-2H3. The van der Waals surface area contributed by atoms with E-state index in [1.807, 2.05) is 0 Å². The number of methoxy groups -OCH3 is 2. The van der Waals surface area contributed by atoms with Gasteiger partial charge in [0.15, 0.2) is 11.5 Å². The molecule has 1 heterocycles. The molecule has 0 atom stereocenters. The van der Waals surface area contributed by atoms with Gasteiger partial charge in [0.1, 0.15) is 5.82 Å². The van der Waals surface area contributed by atoms with E-state index in [2.05, 4.69) is 10.1 Å². The van der Waals surface area contributed by atoms with E-state index >= 15 is 0 Å². The van der Waals surface area contributed by atoms with Gasteiger partial charge in [0.2, 0.25) is 11.7 Å². The van der Waals surface area contributed by atoms with Crippen LogP contribution in [0.2, 0.25) is 0 Å². The first-order valence-electron chi connectivity index (χ1n) is 5.14. The van der Waals surface area contributed by atoms with E-state index in [0.29, 0.717) is 11.5 Å². The Morgan fingerprint density at radius 3 is 2.50 bits per heavy atom. The summed E-state index contributed by atoms with van der Waals surface area (Å²) < 4.78 is 28.8. The van der Waals surface area contributed by atoms with Gasteiger partial charge in [0.25, 0.3) is 0 Å². The third kappa shape index (κ3) is 2.12. The summed E-state index contributed by atoms with van der Waals surface area (Å²) in [5.74, 6) is 0.499. The van der Waals surface area contributed by atoms with E-state index in [4.69, 9.17) is 19.7 Å². The fourth-order valence-electron chi connectivity index (χ4n) is 1.47. The Bertz CT molecular complexity index is 556. The van der Waals surface area contributed by atoms with E-state index in [0.717, 1.165) is 0 Å². The van der Waals surface area contributed by atoms with Gasteiger partial charge in [0.05, 0.1) is 26.3 Å². The smallest absolute Gasteiger partial charge is 0.240 e. The molecule has 0 aliphatic rings. The largest absolute Gasteiger partial charge is 0.493 e. The van der Waals surface area contributed by atoms with Gasteiger partial charge in [0, 0.05) is 6.07 Å². The molecule has 0 spiro atoms. The van der Waals surface area contributed by atoms with Crippen molar-refractivity contribution in [3.05, 3.63) is 23.8 Å². The second-order valence-electron chi connectivity index (χ2n) is 3.40. The van der Waals surface area contributed by atoms with Crippen LogP contribution in [0.15, 0.2) is 16.7 Å². The minimum Gasteiger partial charge on any atom is -0.493 e. The highest BCUT2D eigenvalue weighted by molar-refractivity contribution is 5.61. The monoisotopic (exact) mass is 253 g/mol. The van der Waals surface area contributed by atoms with Crippen molar-refractivity contribution in [1.82, 2.24) is 10.1 Å². The van der Waals surface area contributed by atoms with Crippen molar-refractivity contribution in [3.63, 3.8) is 0 Å². The minimum atomic E-state index is -0.531. The Hall–Kier alpha value is -2.15. The van der Waals surface area contributed by atoms with E-state index < -0.39 is 5.82 Å². The molecule has 2 rings (SSSR count). The number of halogens is 1. The van der Waals surface area contributed by atoms with E-state index in [1.54, 1.807) is 0 Å². The highest BCUT2D eigenvalue weighted by Crippen LogP contribution is 2.33. The summed E-state index contributed by atoms with van der Waals surface area (Å²) >= 11 is 0. The van der Waals surface area contributed by atoms with Crippen LogP contribution in [0.25, 0.3) is 11.4 Å². The molecule has 7 heteroatoms. The molecule has 0 amide bonds. The maximum absolute atomic E-state index is 13.9. The van der Waals surface area contributed by atoms with Gasteiger partial charge in [-0.1, -0.05) is 5.16 Å². The van der Waals surface area contributed by atoms with Gasteiger partial charge >= 0.3 is 0 Å². The van der Waals surface area contributed by atoms with Crippen molar-refractivity contribution in [2.45, 2.75) is 6.54 Å². The van der Waals surface area contributed by atoms with E-state index in [9.17, 15) is 4.39 Å². The SMILES string of the molecule is COc1cc(F)c(-c2noc(CN)n2)cc1OC. The molecule has 1 aromatic heterocycles. The number of aromatic nitrogens is 2. The summed E-state index contributed by atoms with van der Waals surface area (Å²) in [4.78, 5) is 3.95. The Balaban J connectivity index is 2.50. The molecule has 0 saturated carbocycles. The van der Waals surface area contributed by atoms with Crippen LogP contribution in [0.3, 0.4) is 0 Å². The second kappa shape index (κ2) is 5.01. The first-order chi connectivity index (χ1) is 8.69. The average molecular weight is 253 g/mol. The lowest BCUT2D eigenvalue weighted by atomic mass is 10.1. The minimum absolute atomic E-state index is 0.0991. The maximum atomic E-state index is 13.9. The van der Waals surface area contributed by atoms with E-state index in [1.165, 1.54) is 26.4 Å². The highest BCUT2D eigenvalue weighted by atomic mass is 19.1. The Morgan fingerprint density at radius 2 is 1.94 bits per heavy atom. The molecule has 2 aromatic rings. The number of hydrogen-bond acceptors (Lipinski definition) is 6. The molecule has 6 nitrogen and oxygen atoms in total. The summed E-state index contributed by atoms with van der Waals surface area (Å²) in [5, 5.41) is 3.65. The Morgan fingerprint density at radius 1 is 1.28 bits per heavy atom. The van der Waals surface area contributed by atoms with Crippen molar-refractivity contribution in [1.29, 1.82) is 0 Å². The zero-order valence-corrected chi connectivity index (χ0v) is 9.94. The highest BCUT2D eigenvalue weighted by Gasteiger charge is 2.16. The van der Waals surface area contributed by atoms with Crippen molar-refractivity contribution < 1.29 is 18.4 Å². The molecule has 0 fully saturated rings. The Labute approximate surface area is 103 Å². The number of hydrogen-bond donors (Lipinski definition) is 1. The van der Waals surface area contributed by atoms with Crippen LogP contribution >= 0.6 is 0 Å². The fourth-order valence-corrected chi connectivity index (χ4v) is 1.47. The average Bonchev–Trinajstić information content (AvgIpc) is 2.86. The third-order valence-electron chi connectivity index (χ3n) is 2.36. The van der Waals surface area contributed by atoms with E-state index in [-0.39, 0.29) is 23.8 Å². The van der Waals surface area contributed by atoms with Crippen LogP contribution in [0, 0.1) is 5.82 Å². The van der Waals surface area contributed by atoms with Gasteiger partial charge in [-0.3, -0.25) is 0 Å². The predicted molar refractivity (Wildman–Crippen MR) is 60.7 cm³/mol. The molecule has 18 heavy (non-hydrogen) atoms. The summed E-state index contributed by atoms with van der Waals surface area (Å²) in [6, 6.07) is 2.64. The molecule has 0 unspecified atom stereocenters. The number of rotatable bonds is 4. The molecule has 0 aliphatic carbocycles. The number of nitrogens with zero attached hydrogens (tertiary/aromatic N) is 2. The topological polar surface area (TPSA) is 83.4 Å². The molecule has 96 valence electrons. The van der Waals surface area contributed by atoms with Gasteiger partial charge in [-0.05, 0) is 6.07 Å². The van der Waals surface area contributed by atoms with Crippen LogP contribution < -0.4 is 15.2 Å². The van der Waals surface area contributed by atoms with Crippen molar-refractivity contribution in [3.8, 4) is 22.9 Å². The zero-order valence-electron chi connectivity index (χ0n) is 9.94. The van der Waals surface area contributed by atoms with Gasteiger partial charge in [-0.15, -0.1) is 0 Å². The van der Waals surface area contributed by atoms with Crippen LogP contribution in [-0.2, 0) is 6.54 Å². The summed E-state index contributed by atoms with van der Waals surface area (Å²) in [6.45, 7) is 0.0991. The number of nitrogens with two attached hydrogens (primary N) is 1. The molecule has 2 N–H and O–H groups in total. The van der Waals surface area contributed by atoms with Gasteiger partial charge < -0.3 is 19.7 Å². The Kier molecular flexibility index (Phi) is 3.42. The molecule has 0 radical (unpaired) electrons. The van der Waals surface area contributed by atoms with Gasteiger partial charge in [-0.2, -0.15) is 4.98 Å². The lowest BCUT2D eigenvalue weighted by Gasteiger charge is -2.08. The lowest BCUT2D eigenvalue weighted by Crippen LogP contribution is -1.97. The molecular formula is C11H12FN3O3. The van der Waals surface area contributed by atoms with Crippen LogP contribution in [-0.4, -0.2) is 24.4 Å². The molecule has 0 saturated heterocycles. The predicted octanol–water partition coefficient (Wildman–Crippen LogP) is 1.35. The molecule has 0 aliphatic heterocycles. The third-order valence-corrected chi connectivity index (χ3v) is 2.36. The van der Waals surface area contributed by atoms with Gasteiger partial charge in [-0.25, -0.2) is 4.39 Å². The zero-order chi connectivity index (χ0) is 13.1. The molecule has 1 aromatic carbocycles. The quantitative estimate of drug-likeness (QED) is 0.885. The summed E-state index contributed by atoms with van der Waals surface area (Å²) in [7, 11) is 2.89. The lowest BCUT2D eigenvalue weighted by molar-refractivity contribution is 0.352. The van der Waals surface area contributed by atoms with Crippen LogP contribution in [0.5, 0.6) is 11.5 Å². The number of ether oxygens (including phenoxy) is 2. The first kappa shape index (κ1) is 12.3. The molecular weight excluding hydrogens is 241 g/mol. The maximum Gasteiger partial charge on any atom is 0.240 e. The fraction of sp³-hybridized carbons (Fsp3) is 0.273. The molecule has 0 bridgehead atoms. The normalized spacial score (nSPS) is 10.4. The van der Waals surface area contributed by atoms with Crippen molar-refractivity contribution in [2.75, 3.05) is 14.2 Å². The van der Waals surface area contributed by atoms with Crippen molar-refractivity contribution in [2.24, 2.45) is 5.73 Å².